The molecule has 1 aromatic heterocycles. The van der Waals surface area contributed by atoms with E-state index in [0.717, 1.165) is 27.6 Å². The third kappa shape index (κ3) is 2.52. The van der Waals surface area contributed by atoms with Crippen LogP contribution >= 0.6 is 0 Å². The van der Waals surface area contributed by atoms with E-state index in [-0.39, 0.29) is 17.7 Å². The predicted octanol–water partition coefficient (Wildman–Crippen LogP) is 3.36. The molecule has 1 fully saturated rings. The van der Waals surface area contributed by atoms with E-state index in [1.165, 1.54) is 0 Å². The summed E-state index contributed by atoms with van der Waals surface area (Å²) >= 11 is 0. The van der Waals surface area contributed by atoms with E-state index in [1.807, 2.05) is 36.5 Å². The lowest BCUT2D eigenvalue weighted by Crippen LogP contribution is -2.39. The highest BCUT2D eigenvalue weighted by Crippen LogP contribution is 2.30. The fourth-order valence-electron chi connectivity index (χ4n) is 3.18. The van der Waals surface area contributed by atoms with Crippen molar-refractivity contribution in [1.29, 1.82) is 0 Å². The monoisotopic (exact) mass is 304 g/mol. The van der Waals surface area contributed by atoms with Crippen molar-refractivity contribution in [3.05, 3.63) is 60.3 Å². The Hall–Kier alpha value is -2.88. The molecule has 3 aromatic rings. The average molecular weight is 304 g/mol. The van der Waals surface area contributed by atoms with Gasteiger partial charge in [0.1, 0.15) is 0 Å². The number of piperidine rings is 1. The average Bonchev–Trinajstić information content (AvgIpc) is 3.02. The Kier molecular flexibility index (Phi) is 3.23. The van der Waals surface area contributed by atoms with Gasteiger partial charge < -0.3 is 4.98 Å². The van der Waals surface area contributed by atoms with E-state index in [9.17, 15) is 9.59 Å². The Labute approximate surface area is 133 Å². The molecule has 0 aliphatic carbocycles. The number of benzene rings is 2. The van der Waals surface area contributed by atoms with Gasteiger partial charge in [-0.3, -0.25) is 14.9 Å². The first-order valence-electron chi connectivity index (χ1n) is 7.72. The molecular formula is C19H16N2O2. The van der Waals surface area contributed by atoms with Crippen LogP contribution in [0.3, 0.4) is 0 Å². The summed E-state index contributed by atoms with van der Waals surface area (Å²) in [5.74, 6) is -0.622. The molecule has 0 bridgehead atoms. The molecule has 2 amide bonds. The number of imide groups is 1. The maximum Gasteiger partial charge on any atom is 0.234 e. The second-order valence-electron chi connectivity index (χ2n) is 5.91. The van der Waals surface area contributed by atoms with Gasteiger partial charge in [0.2, 0.25) is 11.8 Å². The molecule has 0 radical (unpaired) electrons. The third-order valence-corrected chi connectivity index (χ3v) is 4.41. The normalized spacial score (nSPS) is 18.2. The van der Waals surface area contributed by atoms with E-state index in [1.54, 1.807) is 0 Å². The lowest BCUT2D eigenvalue weighted by atomic mass is 9.88. The lowest BCUT2D eigenvalue weighted by molar-refractivity contribution is -0.134. The molecule has 0 spiro atoms. The van der Waals surface area contributed by atoms with Gasteiger partial charge in [-0.15, -0.1) is 0 Å². The first-order chi connectivity index (χ1) is 11.2. The van der Waals surface area contributed by atoms with Crippen LogP contribution in [0.25, 0.3) is 22.0 Å². The van der Waals surface area contributed by atoms with Gasteiger partial charge in [-0.1, -0.05) is 30.3 Å². The second-order valence-corrected chi connectivity index (χ2v) is 5.91. The highest BCUT2D eigenvalue weighted by atomic mass is 16.2. The topological polar surface area (TPSA) is 62.0 Å². The van der Waals surface area contributed by atoms with Gasteiger partial charge in [-0.05, 0) is 46.7 Å². The number of nitrogens with one attached hydrogen (secondary N) is 2. The van der Waals surface area contributed by atoms with Crippen LogP contribution in [0.5, 0.6) is 0 Å². The van der Waals surface area contributed by atoms with Crippen molar-refractivity contribution in [1.82, 2.24) is 10.3 Å². The van der Waals surface area contributed by atoms with Gasteiger partial charge >= 0.3 is 0 Å². The van der Waals surface area contributed by atoms with Crippen molar-refractivity contribution in [2.75, 3.05) is 0 Å². The van der Waals surface area contributed by atoms with Crippen molar-refractivity contribution in [3.8, 4) is 11.1 Å². The molecule has 1 unspecified atom stereocenters. The minimum absolute atomic E-state index is 0.180. The van der Waals surface area contributed by atoms with E-state index < -0.39 is 0 Å². The van der Waals surface area contributed by atoms with Crippen LogP contribution in [0.4, 0.5) is 0 Å². The summed E-state index contributed by atoms with van der Waals surface area (Å²) < 4.78 is 0. The number of carbonyl (C=O) groups is 2. The molecule has 4 nitrogen and oxygen atoms in total. The molecule has 0 saturated carbocycles. The van der Waals surface area contributed by atoms with Crippen molar-refractivity contribution in [3.63, 3.8) is 0 Å². The van der Waals surface area contributed by atoms with Gasteiger partial charge in [0.25, 0.3) is 0 Å². The molecule has 1 saturated heterocycles. The number of aromatic nitrogens is 1. The Balaban J connectivity index is 1.70. The number of hydrogen-bond acceptors (Lipinski definition) is 2. The molecule has 4 rings (SSSR count). The number of fused-ring (bicyclic) bond motifs is 1. The number of rotatable bonds is 2. The molecule has 2 N–H and O–H groups in total. The summed E-state index contributed by atoms with van der Waals surface area (Å²) in [6.07, 6.45) is 2.90. The summed E-state index contributed by atoms with van der Waals surface area (Å²) in [6, 6.07) is 16.3. The molecule has 1 atom stereocenters. The highest BCUT2D eigenvalue weighted by molar-refractivity contribution is 6.01. The summed E-state index contributed by atoms with van der Waals surface area (Å²) in [6.45, 7) is 0. The van der Waals surface area contributed by atoms with E-state index in [0.29, 0.717) is 12.8 Å². The molecule has 2 aromatic carbocycles. The number of hydrogen-bond donors (Lipinski definition) is 2. The van der Waals surface area contributed by atoms with Crippen LogP contribution in [0.15, 0.2) is 54.7 Å². The van der Waals surface area contributed by atoms with E-state index in [2.05, 4.69) is 28.5 Å². The maximum absolute atomic E-state index is 12.1. The van der Waals surface area contributed by atoms with Crippen molar-refractivity contribution in [2.45, 2.75) is 18.8 Å². The maximum atomic E-state index is 12.1. The molecule has 23 heavy (non-hydrogen) atoms. The van der Waals surface area contributed by atoms with E-state index in [4.69, 9.17) is 0 Å². The van der Waals surface area contributed by atoms with Gasteiger partial charge in [-0.2, -0.15) is 0 Å². The third-order valence-electron chi connectivity index (χ3n) is 4.41. The number of aromatic amines is 1. The molecule has 1 aliphatic rings. The van der Waals surface area contributed by atoms with Gasteiger partial charge in [0.15, 0.2) is 0 Å². The van der Waals surface area contributed by atoms with Gasteiger partial charge in [-0.25, -0.2) is 0 Å². The van der Waals surface area contributed by atoms with Crippen LogP contribution < -0.4 is 5.32 Å². The minimum Gasteiger partial charge on any atom is -0.361 e. The Morgan fingerprint density at radius 3 is 2.70 bits per heavy atom. The van der Waals surface area contributed by atoms with Crippen LogP contribution in [-0.4, -0.2) is 16.8 Å². The fourth-order valence-corrected chi connectivity index (χ4v) is 3.18. The Morgan fingerprint density at radius 1 is 0.957 bits per heavy atom. The number of H-pyrrole nitrogens is 1. The fraction of sp³-hybridized carbons (Fsp3) is 0.158. The first-order valence-corrected chi connectivity index (χ1v) is 7.72. The second kappa shape index (κ2) is 5.39. The number of carbonyl (C=O) groups excluding carboxylic acids is 2. The summed E-state index contributed by atoms with van der Waals surface area (Å²) in [4.78, 5) is 26.5. The van der Waals surface area contributed by atoms with Crippen LogP contribution in [-0.2, 0) is 9.59 Å². The summed E-state index contributed by atoms with van der Waals surface area (Å²) in [7, 11) is 0. The molecule has 114 valence electrons. The first kappa shape index (κ1) is 13.8. The number of amides is 2. The molecule has 1 aliphatic heterocycles. The Morgan fingerprint density at radius 2 is 1.83 bits per heavy atom. The van der Waals surface area contributed by atoms with Gasteiger partial charge in [0, 0.05) is 18.1 Å². The zero-order chi connectivity index (χ0) is 15.8. The zero-order valence-corrected chi connectivity index (χ0v) is 12.5. The Bertz CT molecular complexity index is 910. The highest BCUT2D eigenvalue weighted by Gasteiger charge is 2.27. The predicted molar refractivity (Wildman–Crippen MR) is 88.9 cm³/mol. The lowest BCUT2D eigenvalue weighted by Gasteiger charge is -2.21. The van der Waals surface area contributed by atoms with Crippen LogP contribution in [0.1, 0.15) is 24.3 Å². The quantitative estimate of drug-likeness (QED) is 0.713. The van der Waals surface area contributed by atoms with Crippen molar-refractivity contribution in [2.24, 2.45) is 0 Å². The van der Waals surface area contributed by atoms with Crippen molar-refractivity contribution >= 4 is 22.7 Å². The SMILES string of the molecule is O=C1CCC(c2cccc(-c3ccc4[nH]ccc4c3)c2)C(=O)N1. The summed E-state index contributed by atoms with van der Waals surface area (Å²) in [5.41, 5.74) is 4.26. The molecule has 2 heterocycles. The standard InChI is InChI=1S/C19H16N2O2/c22-18-7-5-16(19(23)21-18)14-3-1-2-12(10-14)13-4-6-17-15(11-13)8-9-20-17/h1-4,6,8-11,16,20H,5,7H2,(H,21,22,23). The smallest absolute Gasteiger partial charge is 0.234 e. The molecule has 4 heteroatoms. The van der Waals surface area contributed by atoms with Crippen LogP contribution in [0.2, 0.25) is 0 Å². The van der Waals surface area contributed by atoms with Gasteiger partial charge in [0.05, 0.1) is 5.92 Å². The zero-order valence-electron chi connectivity index (χ0n) is 12.5. The van der Waals surface area contributed by atoms with Crippen molar-refractivity contribution < 1.29 is 9.59 Å². The van der Waals surface area contributed by atoms with E-state index >= 15 is 0 Å². The summed E-state index contributed by atoms with van der Waals surface area (Å²) in [5, 5.41) is 3.59. The minimum atomic E-state index is -0.247. The van der Waals surface area contributed by atoms with Crippen LogP contribution in [0, 0.1) is 0 Å². The largest absolute Gasteiger partial charge is 0.361 e. The molecular weight excluding hydrogens is 288 g/mol.